The van der Waals surface area contributed by atoms with Crippen LogP contribution in [0.25, 0.3) is 6.08 Å². The number of benzene rings is 2. The molecule has 0 heterocycles. The highest BCUT2D eigenvalue weighted by molar-refractivity contribution is 6.13. The summed E-state index contributed by atoms with van der Waals surface area (Å²) in [6, 6.07) is 12.6. The summed E-state index contributed by atoms with van der Waals surface area (Å²) in [6.07, 6.45) is -1.92. The number of carbonyl (C=O) groups is 1. The van der Waals surface area contributed by atoms with Gasteiger partial charge in [0.2, 0.25) is 0 Å². The molecule has 0 spiro atoms. The molecule has 0 aliphatic heterocycles. The van der Waals surface area contributed by atoms with Gasteiger partial charge in [-0.3, -0.25) is 4.79 Å². The van der Waals surface area contributed by atoms with Gasteiger partial charge in [0.15, 0.2) is 5.78 Å². The Morgan fingerprint density at radius 3 is 2.36 bits per heavy atom. The summed E-state index contributed by atoms with van der Waals surface area (Å²) >= 11 is 0. The van der Waals surface area contributed by atoms with Crippen LogP contribution in [0, 0.1) is 0 Å². The number of alkyl halides is 3. The SMILES string of the molecule is O=C1/C(=C/c2ccccc2C(F)(F)F)CCc2ccccc21. The molecule has 0 N–H and O–H groups in total. The van der Waals surface area contributed by atoms with Crippen molar-refractivity contribution in [2.45, 2.75) is 19.0 Å². The van der Waals surface area contributed by atoms with Crippen LogP contribution in [0.4, 0.5) is 13.2 Å². The van der Waals surface area contributed by atoms with E-state index in [0.717, 1.165) is 11.6 Å². The molecule has 0 amide bonds. The Morgan fingerprint density at radius 2 is 1.59 bits per heavy atom. The van der Waals surface area contributed by atoms with Crippen LogP contribution in [0.2, 0.25) is 0 Å². The van der Waals surface area contributed by atoms with E-state index in [4.69, 9.17) is 0 Å². The first-order valence-corrected chi connectivity index (χ1v) is 6.96. The van der Waals surface area contributed by atoms with E-state index in [1.54, 1.807) is 18.2 Å². The van der Waals surface area contributed by atoms with Crippen molar-refractivity contribution in [2.75, 3.05) is 0 Å². The molecule has 1 nitrogen and oxygen atoms in total. The Hall–Kier alpha value is -2.36. The van der Waals surface area contributed by atoms with Crippen molar-refractivity contribution < 1.29 is 18.0 Å². The normalized spacial score (nSPS) is 16.7. The van der Waals surface area contributed by atoms with Gasteiger partial charge in [-0.05, 0) is 36.1 Å². The number of Topliss-reactive ketones (excluding diaryl/α,β-unsaturated/α-hetero) is 1. The van der Waals surface area contributed by atoms with Gasteiger partial charge in [-0.1, -0.05) is 42.5 Å². The maximum atomic E-state index is 13.0. The summed E-state index contributed by atoms with van der Waals surface area (Å²) in [5, 5.41) is 0. The second-order valence-electron chi connectivity index (χ2n) is 5.24. The first-order chi connectivity index (χ1) is 10.5. The molecular formula is C18H13F3O. The van der Waals surface area contributed by atoms with Crippen molar-refractivity contribution >= 4 is 11.9 Å². The van der Waals surface area contributed by atoms with E-state index in [9.17, 15) is 18.0 Å². The number of fused-ring (bicyclic) bond motifs is 1. The van der Waals surface area contributed by atoms with Crippen molar-refractivity contribution in [2.24, 2.45) is 0 Å². The van der Waals surface area contributed by atoms with Gasteiger partial charge in [0.25, 0.3) is 0 Å². The molecule has 112 valence electrons. The van der Waals surface area contributed by atoms with E-state index in [2.05, 4.69) is 0 Å². The minimum absolute atomic E-state index is 0.0396. The smallest absolute Gasteiger partial charge is 0.289 e. The fourth-order valence-electron chi connectivity index (χ4n) is 2.72. The molecule has 0 aromatic heterocycles. The van der Waals surface area contributed by atoms with Gasteiger partial charge in [-0.2, -0.15) is 13.2 Å². The van der Waals surface area contributed by atoms with Crippen molar-refractivity contribution in [1.29, 1.82) is 0 Å². The zero-order valence-electron chi connectivity index (χ0n) is 11.7. The molecule has 22 heavy (non-hydrogen) atoms. The van der Waals surface area contributed by atoms with E-state index in [1.165, 1.54) is 18.2 Å². The lowest BCUT2D eigenvalue weighted by Gasteiger charge is -2.18. The average Bonchev–Trinajstić information content (AvgIpc) is 2.50. The average molecular weight is 302 g/mol. The van der Waals surface area contributed by atoms with Gasteiger partial charge in [0.1, 0.15) is 0 Å². The van der Waals surface area contributed by atoms with Crippen LogP contribution >= 0.6 is 0 Å². The highest BCUT2D eigenvalue weighted by Gasteiger charge is 2.33. The second-order valence-corrected chi connectivity index (χ2v) is 5.24. The van der Waals surface area contributed by atoms with E-state index in [1.807, 2.05) is 12.1 Å². The largest absolute Gasteiger partial charge is 0.416 e. The van der Waals surface area contributed by atoms with Crippen molar-refractivity contribution in [3.63, 3.8) is 0 Å². The summed E-state index contributed by atoms with van der Waals surface area (Å²) in [5.74, 6) is -0.182. The summed E-state index contributed by atoms with van der Waals surface area (Å²) in [7, 11) is 0. The van der Waals surface area contributed by atoms with E-state index >= 15 is 0 Å². The molecule has 0 saturated carbocycles. The lowest BCUT2D eigenvalue weighted by atomic mass is 9.85. The topological polar surface area (TPSA) is 17.1 Å². The quantitative estimate of drug-likeness (QED) is 0.683. The van der Waals surface area contributed by atoms with Crippen molar-refractivity contribution in [3.8, 4) is 0 Å². The number of aryl methyl sites for hydroxylation is 1. The highest BCUT2D eigenvalue weighted by Crippen LogP contribution is 2.34. The number of allylic oxidation sites excluding steroid dienone is 1. The van der Waals surface area contributed by atoms with Crippen LogP contribution in [-0.4, -0.2) is 5.78 Å². The molecule has 3 rings (SSSR count). The fourth-order valence-corrected chi connectivity index (χ4v) is 2.72. The predicted octanol–water partition coefficient (Wildman–Crippen LogP) is 4.92. The maximum absolute atomic E-state index is 13.0. The summed E-state index contributed by atoms with van der Waals surface area (Å²) in [5.41, 5.74) is 1.29. The third-order valence-electron chi connectivity index (χ3n) is 3.81. The van der Waals surface area contributed by atoms with Crippen LogP contribution < -0.4 is 0 Å². The van der Waals surface area contributed by atoms with Gasteiger partial charge in [-0.25, -0.2) is 0 Å². The summed E-state index contributed by atoms with van der Waals surface area (Å²) < 4.78 is 39.1. The second kappa shape index (κ2) is 5.44. The molecule has 0 bridgehead atoms. The Bertz CT molecular complexity index is 757. The lowest BCUT2D eigenvalue weighted by molar-refractivity contribution is -0.137. The van der Waals surface area contributed by atoms with Gasteiger partial charge in [0.05, 0.1) is 5.56 Å². The molecule has 0 radical (unpaired) electrons. The number of hydrogen-bond donors (Lipinski definition) is 0. The Morgan fingerprint density at radius 1 is 0.909 bits per heavy atom. The predicted molar refractivity (Wildman–Crippen MR) is 78.5 cm³/mol. The van der Waals surface area contributed by atoms with E-state index in [-0.39, 0.29) is 11.3 Å². The summed E-state index contributed by atoms with van der Waals surface area (Å²) in [6.45, 7) is 0. The van der Waals surface area contributed by atoms with Crippen LogP contribution in [0.3, 0.4) is 0 Å². The molecule has 1 aliphatic carbocycles. The van der Waals surface area contributed by atoms with E-state index < -0.39 is 11.7 Å². The first-order valence-electron chi connectivity index (χ1n) is 6.96. The monoisotopic (exact) mass is 302 g/mol. The van der Waals surface area contributed by atoms with Gasteiger partial charge in [0, 0.05) is 11.1 Å². The van der Waals surface area contributed by atoms with Crippen LogP contribution in [0.15, 0.2) is 54.1 Å². The molecule has 2 aromatic rings. The highest BCUT2D eigenvalue weighted by atomic mass is 19.4. The molecule has 4 heteroatoms. The molecular weight excluding hydrogens is 289 g/mol. The van der Waals surface area contributed by atoms with Crippen LogP contribution in [0.5, 0.6) is 0 Å². The molecule has 2 aromatic carbocycles. The van der Waals surface area contributed by atoms with Crippen LogP contribution in [0.1, 0.15) is 33.5 Å². The third-order valence-corrected chi connectivity index (χ3v) is 3.81. The molecule has 1 aliphatic rings. The molecule has 0 atom stereocenters. The standard InChI is InChI=1S/C18H13F3O/c19-18(20,21)16-8-4-2-6-13(16)11-14-10-9-12-5-1-3-7-15(12)17(14)22/h1-8,11H,9-10H2/b14-11+. The minimum atomic E-state index is -4.43. The zero-order chi connectivity index (χ0) is 15.7. The number of hydrogen-bond acceptors (Lipinski definition) is 1. The number of carbonyl (C=O) groups excluding carboxylic acids is 1. The van der Waals surface area contributed by atoms with Gasteiger partial charge in [-0.15, -0.1) is 0 Å². The zero-order valence-corrected chi connectivity index (χ0v) is 11.7. The number of rotatable bonds is 1. The Balaban J connectivity index is 2.03. The minimum Gasteiger partial charge on any atom is -0.289 e. The summed E-state index contributed by atoms with van der Waals surface area (Å²) in [4.78, 5) is 12.4. The molecule has 0 unspecified atom stereocenters. The van der Waals surface area contributed by atoms with Crippen molar-refractivity contribution in [3.05, 3.63) is 76.4 Å². The Labute approximate surface area is 126 Å². The van der Waals surface area contributed by atoms with Gasteiger partial charge < -0.3 is 0 Å². The van der Waals surface area contributed by atoms with E-state index in [0.29, 0.717) is 24.0 Å². The molecule has 0 saturated heterocycles. The first kappa shape index (κ1) is 14.6. The Kier molecular flexibility index (Phi) is 3.61. The van der Waals surface area contributed by atoms with Gasteiger partial charge >= 0.3 is 6.18 Å². The number of ketones is 1. The maximum Gasteiger partial charge on any atom is 0.416 e. The molecule has 0 fully saturated rings. The van der Waals surface area contributed by atoms with Crippen LogP contribution in [-0.2, 0) is 12.6 Å². The fraction of sp³-hybridized carbons (Fsp3) is 0.167. The lowest BCUT2D eigenvalue weighted by Crippen LogP contribution is -2.14. The van der Waals surface area contributed by atoms with Crippen molar-refractivity contribution in [1.82, 2.24) is 0 Å². The number of halogens is 3. The third kappa shape index (κ3) is 2.69.